The number of hydrogen-bond acceptors (Lipinski definition) is 4. The molecule has 7 nitrogen and oxygen atoms in total. The molecule has 0 bridgehead atoms. The fourth-order valence-electron chi connectivity index (χ4n) is 4.20. The second kappa shape index (κ2) is 9.20. The van der Waals surface area contributed by atoms with Gasteiger partial charge >= 0.3 is 0 Å². The van der Waals surface area contributed by atoms with Crippen molar-refractivity contribution in [2.75, 3.05) is 49.1 Å². The molecule has 162 valence electrons. The van der Waals surface area contributed by atoms with Crippen LogP contribution in [0.5, 0.6) is 0 Å². The fourth-order valence-corrected chi connectivity index (χ4v) is 4.20. The summed E-state index contributed by atoms with van der Waals surface area (Å²) < 4.78 is 0. The molecule has 2 aliphatic heterocycles. The molecule has 2 aromatic rings. The van der Waals surface area contributed by atoms with E-state index in [1.807, 2.05) is 12.1 Å². The van der Waals surface area contributed by atoms with Crippen molar-refractivity contribution >= 4 is 29.1 Å². The predicted molar refractivity (Wildman–Crippen MR) is 120 cm³/mol. The topological polar surface area (TPSA) is 73.0 Å². The van der Waals surface area contributed by atoms with E-state index in [4.69, 9.17) is 0 Å². The average Bonchev–Trinajstić information content (AvgIpc) is 3.23. The van der Waals surface area contributed by atoms with E-state index >= 15 is 0 Å². The average molecular weight is 421 g/mol. The first kappa shape index (κ1) is 20.9. The number of anilines is 2. The lowest BCUT2D eigenvalue weighted by atomic mass is 10.1. The third kappa shape index (κ3) is 4.71. The van der Waals surface area contributed by atoms with Gasteiger partial charge in [0.25, 0.3) is 5.91 Å². The molecule has 0 spiro atoms. The van der Waals surface area contributed by atoms with Crippen LogP contribution in [0.4, 0.5) is 11.4 Å². The normalized spacial score (nSPS) is 16.5. The van der Waals surface area contributed by atoms with E-state index in [2.05, 4.69) is 29.3 Å². The highest BCUT2D eigenvalue weighted by Gasteiger charge is 2.23. The standard InChI is InChI=1S/C24H28N4O3/c1-18-5-2-3-6-21(18)26-13-15-27(16-14-26)23(30)17-25-24(31)19-8-10-20(11-9-19)28-12-4-7-22(28)29/h2-3,5-6,8-11H,4,7,12-17H2,1H3,(H,25,31). The summed E-state index contributed by atoms with van der Waals surface area (Å²) in [5, 5.41) is 2.72. The Morgan fingerprint density at radius 1 is 0.935 bits per heavy atom. The van der Waals surface area contributed by atoms with Crippen LogP contribution in [0.15, 0.2) is 48.5 Å². The Kier molecular flexibility index (Phi) is 6.21. The number of carbonyl (C=O) groups excluding carboxylic acids is 3. The van der Waals surface area contributed by atoms with Crippen LogP contribution < -0.4 is 15.1 Å². The van der Waals surface area contributed by atoms with Crippen LogP contribution in [0.3, 0.4) is 0 Å². The summed E-state index contributed by atoms with van der Waals surface area (Å²) in [6.45, 7) is 5.63. The Bertz CT molecular complexity index is 965. The highest BCUT2D eigenvalue weighted by Crippen LogP contribution is 2.22. The third-order valence-corrected chi connectivity index (χ3v) is 6.00. The Morgan fingerprint density at radius 3 is 2.29 bits per heavy atom. The molecule has 0 saturated carbocycles. The maximum atomic E-state index is 12.6. The van der Waals surface area contributed by atoms with E-state index in [0.717, 1.165) is 31.7 Å². The maximum absolute atomic E-state index is 12.6. The predicted octanol–water partition coefficient (Wildman–Crippen LogP) is 2.20. The summed E-state index contributed by atoms with van der Waals surface area (Å²) in [6, 6.07) is 15.2. The highest BCUT2D eigenvalue weighted by molar-refractivity contribution is 5.98. The molecule has 31 heavy (non-hydrogen) atoms. The molecule has 4 rings (SSSR count). The number of benzene rings is 2. The summed E-state index contributed by atoms with van der Waals surface area (Å²) in [5.74, 6) is -0.242. The Balaban J connectivity index is 1.26. The number of hydrogen-bond donors (Lipinski definition) is 1. The first-order valence-corrected chi connectivity index (χ1v) is 10.8. The molecule has 2 aromatic carbocycles. The zero-order valence-corrected chi connectivity index (χ0v) is 17.8. The molecule has 0 aliphatic carbocycles. The van der Waals surface area contributed by atoms with E-state index in [-0.39, 0.29) is 24.3 Å². The van der Waals surface area contributed by atoms with Crippen molar-refractivity contribution in [2.45, 2.75) is 19.8 Å². The van der Waals surface area contributed by atoms with Gasteiger partial charge in [0.2, 0.25) is 11.8 Å². The number of para-hydroxylation sites is 1. The van der Waals surface area contributed by atoms with Crippen LogP contribution in [-0.2, 0) is 9.59 Å². The monoisotopic (exact) mass is 420 g/mol. The van der Waals surface area contributed by atoms with Gasteiger partial charge in [0, 0.05) is 56.1 Å². The van der Waals surface area contributed by atoms with Gasteiger partial charge in [0.1, 0.15) is 0 Å². The van der Waals surface area contributed by atoms with Crippen LogP contribution in [0.1, 0.15) is 28.8 Å². The maximum Gasteiger partial charge on any atom is 0.251 e. The number of piperazine rings is 1. The van der Waals surface area contributed by atoms with Crippen LogP contribution >= 0.6 is 0 Å². The Morgan fingerprint density at radius 2 is 1.65 bits per heavy atom. The first-order chi connectivity index (χ1) is 15.0. The summed E-state index contributed by atoms with van der Waals surface area (Å²) >= 11 is 0. The lowest BCUT2D eigenvalue weighted by molar-refractivity contribution is -0.130. The van der Waals surface area contributed by atoms with Gasteiger partial charge in [-0.15, -0.1) is 0 Å². The molecule has 0 aromatic heterocycles. The summed E-state index contributed by atoms with van der Waals surface area (Å²) in [7, 11) is 0. The lowest BCUT2D eigenvalue weighted by Gasteiger charge is -2.36. The summed E-state index contributed by atoms with van der Waals surface area (Å²) in [4.78, 5) is 42.7. The zero-order chi connectivity index (χ0) is 21.8. The van der Waals surface area contributed by atoms with E-state index in [9.17, 15) is 14.4 Å². The SMILES string of the molecule is Cc1ccccc1N1CCN(C(=O)CNC(=O)c2ccc(N3CCCC3=O)cc2)CC1. The Labute approximate surface area is 182 Å². The number of amides is 3. The zero-order valence-electron chi connectivity index (χ0n) is 17.8. The van der Waals surface area contributed by atoms with Crippen molar-refractivity contribution in [3.8, 4) is 0 Å². The number of nitrogens with one attached hydrogen (secondary N) is 1. The molecule has 3 amide bonds. The molecule has 2 fully saturated rings. The third-order valence-electron chi connectivity index (χ3n) is 6.00. The largest absolute Gasteiger partial charge is 0.368 e. The van der Waals surface area contributed by atoms with E-state index in [1.54, 1.807) is 34.1 Å². The van der Waals surface area contributed by atoms with Gasteiger partial charge in [0.15, 0.2) is 0 Å². The molecule has 7 heteroatoms. The van der Waals surface area contributed by atoms with E-state index in [0.29, 0.717) is 25.1 Å². The molecule has 0 unspecified atom stereocenters. The molecule has 2 heterocycles. The quantitative estimate of drug-likeness (QED) is 0.805. The van der Waals surface area contributed by atoms with Crippen LogP contribution in [0, 0.1) is 6.92 Å². The minimum atomic E-state index is -0.286. The number of carbonyl (C=O) groups is 3. The molecule has 1 N–H and O–H groups in total. The van der Waals surface area contributed by atoms with Crippen molar-refractivity contribution in [3.63, 3.8) is 0 Å². The van der Waals surface area contributed by atoms with Crippen molar-refractivity contribution in [3.05, 3.63) is 59.7 Å². The van der Waals surface area contributed by atoms with Gasteiger partial charge in [-0.1, -0.05) is 18.2 Å². The highest BCUT2D eigenvalue weighted by atomic mass is 16.2. The van der Waals surface area contributed by atoms with Gasteiger partial charge < -0.3 is 20.0 Å². The fraction of sp³-hybridized carbons (Fsp3) is 0.375. The number of aryl methyl sites for hydroxylation is 1. The van der Waals surface area contributed by atoms with Crippen molar-refractivity contribution in [1.29, 1.82) is 0 Å². The van der Waals surface area contributed by atoms with E-state index in [1.165, 1.54) is 11.3 Å². The summed E-state index contributed by atoms with van der Waals surface area (Å²) in [6.07, 6.45) is 1.44. The second-order valence-electron chi connectivity index (χ2n) is 8.03. The Hall–Kier alpha value is -3.35. The molecule has 0 radical (unpaired) electrons. The van der Waals surface area contributed by atoms with Gasteiger partial charge in [-0.2, -0.15) is 0 Å². The van der Waals surface area contributed by atoms with Crippen molar-refractivity contribution in [1.82, 2.24) is 10.2 Å². The van der Waals surface area contributed by atoms with Gasteiger partial charge in [-0.3, -0.25) is 14.4 Å². The smallest absolute Gasteiger partial charge is 0.251 e. The molecular formula is C24H28N4O3. The van der Waals surface area contributed by atoms with Crippen LogP contribution in [0.2, 0.25) is 0 Å². The molecule has 2 aliphatic rings. The number of rotatable bonds is 5. The lowest BCUT2D eigenvalue weighted by Crippen LogP contribution is -2.51. The molecular weight excluding hydrogens is 392 g/mol. The molecule has 0 atom stereocenters. The van der Waals surface area contributed by atoms with Crippen LogP contribution in [0.25, 0.3) is 0 Å². The van der Waals surface area contributed by atoms with Crippen LogP contribution in [-0.4, -0.2) is 61.9 Å². The minimum Gasteiger partial charge on any atom is -0.368 e. The van der Waals surface area contributed by atoms with Crippen molar-refractivity contribution < 1.29 is 14.4 Å². The second-order valence-corrected chi connectivity index (χ2v) is 8.03. The summed E-state index contributed by atoms with van der Waals surface area (Å²) in [5.41, 5.74) is 3.73. The van der Waals surface area contributed by atoms with Crippen molar-refractivity contribution in [2.24, 2.45) is 0 Å². The van der Waals surface area contributed by atoms with Gasteiger partial charge in [-0.05, 0) is 49.2 Å². The first-order valence-electron chi connectivity index (χ1n) is 10.8. The number of nitrogens with zero attached hydrogens (tertiary/aromatic N) is 3. The van der Waals surface area contributed by atoms with Gasteiger partial charge in [0.05, 0.1) is 6.54 Å². The van der Waals surface area contributed by atoms with E-state index < -0.39 is 0 Å². The van der Waals surface area contributed by atoms with Gasteiger partial charge in [-0.25, -0.2) is 0 Å². The molecule has 2 saturated heterocycles. The minimum absolute atomic E-state index is 0.0183.